The van der Waals surface area contributed by atoms with E-state index in [-0.39, 0.29) is 46.4 Å². The van der Waals surface area contributed by atoms with Crippen molar-refractivity contribution in [2.75, 3.05) is 12.3 Å². The van der Waals surface area contributed by atoms with Crippen molar-refractivity contribution in [2.24, 2.45) is 0 Å². The number of nitrogen functional groups attached to an aromatic ring is 1. The molecule has 0 fully saturated rings. The van der Waals surface area contributed by atoms with Crippen LogP contribution in [-0.4, -0.2) is 54.0 Å². The van der Waals surface area contributed by atoms with Gasteiger partial charge in [-0.15, -0.1) is 0 Å². The summed E-state index contributed by atoms with van der Waals surface area (Å²) in [4.78, 5) is 49.2. The van der Waals surface area contributed by atoms with Gasteiger partial charge >= 0.3 is 5.97 Å². The number of amides is 1. The van der Waals surface area contributed by atoms with Gasteiger partial charge in [0.1, 0.15) is 29.4 Å². The van der Waals surface area contributed by atoms with Crippen LogP contribution in [-0.2, 0) is 17.6 Å². The van der Waals surface area contributed by atoms with E-state index in [4.69, 9.17) is 17.3 Å². The minimum Gasteiger partial charge on any atom is -0.478 e. The van der Waals surface area contributed by atoms with Crippen LogP contribution in [0.1, 0.15) is 43.4 Å². The van der Waals surface area contributed by atoms with Crippen LogP contribution in [0.5, 0.6) is 0 Å². The molecule has 0 saturated heterocycles. The molecular formula is C32H24ClFN6O4. The first-order chi connectivity index (χ1) is 21.2. The summed E-state index contributed by atoms with van der Waals surface area (Å²) in [6.45, 7) is 0.182. The highest BCUT2D eigenvalue weighted by Crippen LogP contribution is 2.38. The number of hydrogen-bond donors (Lipinski definition) is 2. The summed E-state index contributed by atoms with van der Waals surface area (Å²) in [5.74, 6) is -2.75. The van der Waals surface area contributed by atoms with Crippen molar-refractivity contribution in [3.05, 3.63) is 124 Å². The number of carboxylic acids is 1. The molecule has 2 aromatic heterocycles. The molecule has 6 rings (SSSR count). The van der Waals surface area contributed by atoms with Gasteiger partial charge in [0.2, 0.25) is 0 Å². The van der Waals surface area contributed by atoms with Crippen molar-refractivity contribution in [3.8, 4) is 16.8 Å². The van der Waals surface area contributed by atoms with Crippen LogP contribution in [0.25, 0.3) is 16.8 Å². The Kier molecular flexibility index (Phi) is 7.62. The van der Waals surface area contributed by atoms with E-state index in [9.17, 15) is 23.9 Å². The van der Waals surface area contributed by atoms with Crippen LogP contribution in [0, 0.1) is 5.82 Å². The fourth-order valence-electron chi connectivity index (χ4n) is 5.53. The van der Waals surface area contributed by atoms with Gasteiger partial charge in [0, 0.05) is 30.9 Å². The number of anilines is 1. The van der Waals surface area contributed by atoms with Crippen LogP contribution in [0.2, 0.25) is 5.02 Å². The van der Waals surface area contributed by atoms with Gasteiger partial charge in [0.25, 0.3) is 5.91 Å². The lowest BCUT2D eigenvalue weighted by Gasteiger charge is -2.37. The monoisotopic (exact) mass is 610 g/mol. The number of halogens is 2. The Balaban J connectivity index is 1.41. The lowest BCUT2D eigenvalue weighted by molar-refractivity contribution is -0.123. The molecule has 5 aromatic rings. The number of ketones is 1. The Morgan fingerprint density at radius 3 is 2.45 bits per heavy atom. The van der Waals surface area contributed by atoms with Gasteiger partial charge < -0.3 is 15.7 Å². The molecule has 0 aliphatic carbocycles. The van der Waals surface area contributed by atoms with Crippen LogP contribution in [0.4, 0.5) is 10.2 Å². The van der Waals surface area contributed by atoms with Gasteiger partial charge in [-0.1, -0.05) is 48.0 Å². The van der Waals surface area contributed by atoms with E-state index < -0.39 is 23.7 Å². The number of nitrogens with zero attached hydrogens (tertiary/aromatic N) is 5. The number of aromatic nitrogens is 4. The molecule has 3 aromatic carbocycles. The zero-order valence-corrected chi connectivity index (χ0v) is 23.8. The highest BCUT2D eigenvalue weighted by atomic mass is 35.5. The number of carbonyl (C=O) groups excluding carboxylic acids is 2. The first-order valence-electron chi connectivity index (χ1n) is 13.6. The van der Waals surface area contributed by atoms with E-state index in [2.05, 4.69) is 15.1 Å². The SMILES string of the molecule is Nc1c(C(=O)N2CCc3c(-c4cncnc4)cccc3C2C(=O)Cc2ccc(C(=O)O)cc2)cnn1-c1cccc(Cl)c1F. The van der Waals surface area contributed by atoms with Crippen LogP contribution in [0.15, 0.2) is 85.6 Å². The fraction of sp³-hybridized carbons (Fsp3) is 0.125. The largest absolute Gasteiger partial charge is 0.478 e. The van der Waals surface area contributed by atoms with Crippen molar-refractivity contribution in [2.45, 2.75) is 18.9 Å². The molecule has 1 aliphatic heterocycles. The summed E-state index contributed by atoms with van der Waals surface area (Å²) in [6.07, 6.45) is 6.42. The van der Waals surface area contributed by atoms with Gasteiger partial charge in [-0.25, -0.2) is 23.8 Å². The van der Waals surface area contributed by atoms with Gasteiger partial charge in [-0.05, 0) is 52.9 Å². The average Bonchev–Trinajstić information content (AvgIpc) is 3.42. The lowest BCUT2D eigenvalue weighted by Crippen LogP contribution is -2.44. The molecule has 3 heterocycles. The van der Waals surface area contributed by atoms with E-state index in [0.717, 1.165) is 21.4 Å². The average molecular weight is 611 g/mol. The van der Waals surface area contributed by atoms with Gasteiger partial charge in [-0.3, -0.25) is 9.59 Å². The molecule has 10 nitrogen and oxygen atoms in total. The third-order valence-electron chi connectivity index (χ3n) is 7.63. The van der Waals surface area contributed by atoms with Crippen LogP contribution >= 0.6 is 11.6 Å². The number of nitrogens with two attached hydrogens (primary N) is 1. The summed E-state index contributed by atoms with van der Waals surface area (Å²) in [6, 6.07) is 14.9. The minimum atomic E-state index is -1.07. The summed E-state index contributed by atoms with van der Waals surface area (Å²) in [7, 11) is 0. The number of fused-ring (bicyclic) bond motifs is 1. The van der Waals surface area contributed by atoms with E-state index in [1.165, 1.54) is 47.8 Å². The fourth-order valence-corrected chi connectivity index (χ4v) is 5.70. The molecule has 0 radical (unpaired) electrons. The second kappa shape index (κ2) is 11.7. The van der Waals surface area contributed by atoms with Crippen LogP contribution in [0.3, 0.4) is 0 Å². The Morgan fingerprint density at radius 1 is 1.00 bits per heavy atom. The van der Waals surface area contributed by atoms with E-state index in [1.54, 1.807) is 24.5 Å². The zero-order chi connectivity index (χ0) is 31.0. The van der Waals surface area contributed by atoms with Crippen molar-refractivity contribution in [1.29, 1.82) is 0 Å². The maximum absolute atomic E-state index is 14.8. The quantitative estimate of drug-likeness (QED) is 0.263. The number of carboxylic acid groups (broad SMARTS) is 1. The number of benzene rings is 3. The zero-order valence-electron chi connectivity index (χ0n) is 23.0. The minimum absolute atomic E-state index is 0.00375. The van der Waals surface area contributed by atoms with Gasteiger partial charge in [0.05, 0.1) is 16.8 Å². The first-order valence-corrected chi connectivity index (χ1v) is 13.9. The molecule has 3 N–H and O–H groups in total. The number of rotatable bonds is 7. The Bertz CT molecular complexity index is 1910. The summed E-state index contributed by atoms with van der Waals surface area (Å²) >= 11 is 5.95. The Hall–Kier alpha value is -5.42. The maximum Gasteiger partial charge on any atom is 0.335 e. The highest BCUT2D eigenvalue weighted by Gasteiger charge is 2.38. The predicted molar refractivity (Wildman–Crippen MR) is 160 cm³/mol. The van der Waals surface area contributed by atoms with Crippen molar-refractivity contribution in [3.63, 3.8) is 0 Å². The van der Waals surface area contributed by atoms with Crippen LogP contribution < -0.4 is 5.73 Å². The van der Waals surface area contributed by atoms with Crippen molar-refractivity contribution < 1.29 is 23.9 Å². The summed E-state index contributed by atoms with van der Waals surface area (Å²) in [5.41, 5.74) is 10.2. The number of hydrogen-bond acceptors (Lipinski definition) is 7. The predicted octanol–water partition coefficient (Wildman–Crippen LogP) is 4.95. The normalized spacial score (nSPS) is 14.2. The second-order valence-corrected chi connectivity index (χ2v) is 10.6. The van der Waals surface area contributed by atoms with E-state index >= 15 is 0 Å². The molecule has 0 saturated carbocycles. The standard InChI is InChI=1S/C32H24ClFN6O4/c33-25-5-2-6-26(28(25)34)40-30(35)24(16-38-40)31(42)39-12-11-22-21(20-14-36-17-37-15-20)3-1-4-23(22)29(39)27(41)13-18-7-9-19(10-8-18)32(43)44/h1-10,14-17,29H,11-13,35H2,(H,43,44). The molecule has 0 spiro atoms. The number of carbonyl (C=O) groups is 3. The number of Topliss-reactive ketones (excluding diaryl/α,β-unsaturated/α-hetero) is 1. The van der Waals surface area contributed by atoms with Gasteiger partial charge in [0.15, 0.2) is 11.6 Å². The molecule has 1 amide bonds. The molecular weight excluding hydrogens is 587 g/mol. The molecule has 0 bridgehead atoms. The second-order valence-electron chi connectivity index (χ2n) is 10.2. The third-order valence-corrected chi connectivity index (χ3v) is 7.93. The summed E-state index contributed by atoms with van der Waals surface area (Å²) in [5, 5.41) is 13.3. The maximum atomic E-state index is 14.8. The highest BCUT2D eigenvalue weighted by molar-refractivity contribution is 6.30. The topological polar surface area (TPSA) is 144 Å². The molecule has 220 valence electrons. The molecule has 1 atom stereocenters. The Labute approximate surface area is 255 Å². The van der Waals surface area contributed by atoms with Gasteiger partial charge in [-0.2, -0.15) is 5.10 Å². The van der Waals surface area contributed by atoms with E-state index in [1.807, 2.05) is 18.2 Å². The van der Waals surface area contributed by atoms with Crippen molar-refractivity contribution >= 4 is 35.1 Å². The molecule has 1 aliphatic rings. The lowest BCUT2D eigenvalue weighted by atomic mass is 9.84. The first kappa shape index (κ1) is 28.7. The number of aromatic carboxylic acids is 1. The molecule has 1 unspecified atom stereocenters. The molecule has 12 heteroatoms. The smallest absolute Gasteiger partial charge is 0.335 e. The summed E-state index contributed by atoms with van der Waals surface area (Å²) < 4.78 is 15.9. The molecule has 44 heavy (non-hydrogen) atoms. The Morgan fingerprint density at radius 2 is 1.73 bits per heavy atom. The van der Waals surface area contributed by atoms with Crippen molar-refractivity contribution in [1.82, 2.24) is 24.6 Å². The third kappa shape index (κ3) is 5.18. The van der Waals surface area contributed by atoms with E-state index in [0.29, 0.717) is 17.5 Å².